The van der Waals surface area contributed by atoms with Gasteiger partial charge in [0.15, 0.2) is 6.23 Å². The van der Waals surface area contributed by atoms with Crippen LogP contribution in [-0.4, -0.2) is 28.1 Å². The zero-order valence-corrected chi connectivity index (χ0v) is 8.12. The molecule has 0 aromatic rings. The predicted molar refractivity (Wildman–Crippen MR) is 50.4 cm³/mol. The molecule has 1 aliphatic rings. The Morgan fingerprint density at radius 2 is 2.36 bits per heavy atom. The maximum atomic E-state index is 11.5. The number of halogens is 1. The Balaban J connectivity index is 3.03. The minimum atomic E-state index is -1.29. The van der Waals surface area contributed by atoms with E-state index in [1.165, 1.54) is 6.92 Å². The van der Waals surface area contributed by atoms with E-state index in [0.717, 1.165) is 4.90 Å². The molecule has 1 heterocycles. The van der Waals surface area contributed by atoms with Gasteiger partial charge in [0.2, 0.25) is 5.96 Å². The monoisotopic (exact) mass is 219 g/mol. The number of aliphatic hydroxyl groups excluding tert-OH is 1. The number of hydrazine groups is 1. The first kappa shape index (κ1) is 10.8. The summed E-state index contributed by atoms with van der Waals surface area (Å²) in [6, 6.07) is 0. The van der Waals surface area contributed by atoms with Crippen LogP contribution < -0.4 is 17.1 Å². The fourth-order valence-electron chi connectivity index (χ4n) is 1.08. The fraction of sp³-hybridized carbons (Fsp3) is 0.333. The summed E-state index contributed by atoms with van der Waals surface area (Å²) in [6.45, 7) is 1.48. The van der Waals surface area contributed by atoms with E-state index in [1.807, 2.05) is 0 Å². The van der Waals surface area contributed by atoms with Crippen molar-refractivity contribution in [1.82, 2.24) is 10.3 Å². The molecule has 0 saturated carbocycles. The minimum absolute atomic E-state index is 0.0337. The number of rotatable bonds is 0. The molecule has 1 unspecified atom stereocenters. The molecule has 0 saturated heterocycles. The Hall–Kier alpha value is -1.31. The summed E-state index contributed by atoms with van der Waals surface area (Å²) in [5, 5.41) is 12.7. The highest BCUT2D eigenvalue weighted by Gasteiger charge is 2.38. The number of aliphatic hydroxyl groups is 1. The SMILES string of the molecule is CC1=C(Cl)C(O)N(/C(=N/N)NN)C1=O. The number of nitrogens with two attached hydrogens (primary N) is 2. The number of nitrogens with zero attached hydrogens (tertiary/aromatic N) is 2. The molecule has 0 aliphatic carbocycles. The highest BCUT2D eigenvalue weighted by atomic mass is 35.5. The molecule has 0 spiro atoms. The molecule has 7 nitrogen and oxygen atoms in total. The standard InChI is InChI=1S/C6H10ClN5O2/c1-2-3(7)5(14)12(4(2)13)6(10-8)11-9/h5,14H,8-9H2,1H3,(H,10,11). The van der Waals surface area contributed by atoms with E-state index < -0.39 is 12.1 Å². The first-order valence-corrected chi connectivity index (χ1v) is 4.04. The van der Waals surface area contributed by atoms with Crippen LogP contribution in [0.25, 0.3) is 0 Å². The van der Waals surface area contributed by atoms with E-state index in [-0.39, 0.29) is 16.6 Å². The molecule has 0 aromatic carbocycles. The third-order valence-corrected chi connectivity index (χ3v) is 2.33. The number of carbonyl (C=O) groups excluding carboxylic acids is 1. The lowest BCUT2D eigenvalue weighted by atomic mass is 10.3. The topological polar surface area (TPSA) is 117 Å². The molecule has 0 fully saturated rings. The number of hydrogen-bond donors (Lipinski definition) is 4. The van der Waals surface area contributed by atoms with Crippen LogP contribution in [0, 0.1) is 0 Å². The summed E-state index contributed by atoms with van der Waals surface area (Å²) in [6.07, 6.45) is -1.29. The Kier molecular flexibility index (Phi) is 2.94. The van der Waals surface area contributed by atoms with Gasteiger partial charge in [-0.2, -0.15) is 0 Å². The molecule has 1 amide bonds. The molecule has 1 atom stereocenters. The highest BCUT2D eigenvalue weighted by molar-refractivity contribution is 6.34. The van der Waals surface area contributed by atoms with E-state index >= 15 is 0 Å². The Labute approximate surface area is 85.0 Å². The van der Waals surface area contributed by atoms with Crippen LogP contribution in [0.2, 0.25) is 0 Å². The lowest BCUT2D eigenvalue weighted by Gasteiger charge is -2.21. The molecule has 1 rings (SSSR count). The molecule has 0 aromatic heterocycles. The normalized spacial score (nSPS) is 23.4. The van der Waals surface area contributed by atoms with Crippen LogP contribution in [0.5, 0.6) is 0 Å². The van der Waals surface area contributed by atoms with Crippen molar-refractivity contribution in [1.29, 1.82) is 0 Å². The van der Waals surface area contributed by atoms with Crippen molar-refractivity contribution in [3.63, 3.8) is 0 Å². The first-order chi connectivity index (χ1) is 6.54. The van der Waals surface area contributed by atoms with Crippen molar-refractivity contribution in [3.05, 3.63) is 10.6 Å². The number of guanidine groups is 1. The van der Waals surface area contributed by atoms with Crippen LogP contribution in [0.1, 0.15) is 6.92 Å². The summed E-state index contributed by atoms with van der Waals surface area (Å²) < 4.78 is 0. The van der Waals surface area contributed by atoms with Gasteiger partial charge in [-0.3, -0.25) is 10.2 Å². The van der Waals surface area contributed by atoms with E-state index in [1.54, 1.807) is 0 Å². The van der Waals surface area contributed by atoms with Crippen molar-refractivity contribution in [2.75, 3.05) is 0 Å². The summed E-state index contributed by atoms with van der Waals surface area (Å²) in [5.41, 5.74) is 2.31. The average Bonchev–Trinajstić information content (AvgIpc) is 2.37. The smallest absolute Gasteiger partial charge is 0.260 e. The Bertz CT molecular complexity index is 326. The molecule has 8 heteroatoms. The van der Waals surface area contributed by atoms with Crippen LogP contribution in [0.15, 0.2) is 15.7 Å². The molecular weight excluding hydrogens is 210 g/mol. The quantitative estimate of drug-likeness (QED) is 0.169. The third kappa shape index (κ3) is 1.41. The maximum absolute atomic E-state index is 11.5. The van der Waals surface area contributed by atoms with Crippen molar-refractivity contribution in [3.8, 4) is 0 Å². The second-order valence-corrected chi connectivity index (χ2v) is 3.03. The van der Waals surface area contributed by atoms with E-state index in [2.05, 4.69) is 10.5 Å². The lowest BCUT2D eigenvalue weighted by molar-refractivity contribution is -0.126. The second-order valence-electron chi connectivity index (χ2n) is 2.62. The molecule has 78 valence electrons. The van der Waals surface area contributed by atoms with Crippen LogP contribution >= 0.6 is 11.6 Å². The lowest BCUT2D eigenvalue weighted by Crippen LogP contribution is -2.50. The van der Waals surface area contributed by atoms with Gasteiger partial charge in [0.25, 0.3) is 5.91 Å². The van der Waals surface area contributed by atoms with Gasteiger partial charge in [-0.05, 0) is 6.92 Å². The zero-order valence-electron chi connectivity index (χ0n) is 7.36. The van der Waals surface area contributed by atoms with Crippen molar-refractivity contribution < 1.29 is 9.90 Å². The van der Waals surface area contributed by atoms with Crippen LogP contribution in [-0.2, 0) is 4.79 Å². The van der Waals surface area contributed by atoms with Gasteiger partial charge in [-0.1, -0.05) is 11.6 Å². The Morgan fingerprint density at radius 1 is 1.79 bits per heavy atom. The van der Waals surface area contributed by atoms with Gasteiger partial charge in [-0.25, -0.2) is 10.7 Å². The minimum Gasteiger partial charge on any atom is -0.368 e. The Morgan fingerprint density at radius 3 is 2.64 bits per heavy atom. The second kappa shape index (κ2) is 3.82. The molecular formula is C6H10ClN5O2. The van der Waals surface area contributed by atoms with Gasteiger partial charge < -0.3 is 10.9 Å². The van der Waals surface area contributed by atoms with Crippen molar-refractivity contribution in [2.45, 2.75) is 13.2 Å². The summed E-state index contributed by atoms with van der Waals surface area (Å²) in [4.78, 5) is 12.3. The van der Waals surface area contributed by atoms with Gasteiger partial charge in [0.1, 0.15) is 0 Å². The summed E-state index contributed by atoms with van der Waals surface area (Å²) in [7, 11) is 0. The molecule has 0 radical (unpaired) electrons. The number of carbonyl (C=O) groups is 1. The molecule has 0 bridgehead atoms. The molecule has 14 heavy (non-hydrogen) atoms. The van der Waals surface area contributed by atoms with Crippen LogP contribution in [0.3, 0.4) is 0 Å². The molecule has 1 aliphatic heterocycles. The van der Waals surface area contributed by atoms with Gasteiger partial charge in [0.05, 0.1) is 5.03 Å². The van der Waals surface area contributed by atoms with Gasteiger partial charge in [-0.15, -0.1) is 5.10 Å². The van der Waals surface area contributed by atoms with Crippen LogP contribution in [0.4, 0.5) is 0 Å². The number of hydrazone groups is 1. The average molecular weight is 220 g/mol. The highest BCUT2D eigenvalue weighted by Crippen LogP contribution is 2.26. The van der Waals surface area contributed by atoms with E-state index in [9.17, 15) is 9.90 Å². The molecule has 6 N–H and O–H groups in total. The first-order valence-electron chi connectivity index (χ1n) is 3.67. The summed E-state index contributed by atoms with van der Waals surface area (Å²) in [5.74, 6) is 9.36. The van der Waals surface area contributed by atoms with Crippen molar-refractivity contribution >= 4 is 23.5 Å². The largest absolute Gasteiger partial charge is 0.368 e. The fourth-order valence-corrected chi connectivity index (χ4v) is 1.26. The van der Waals surface area contributed by atoms with Gasteiger partial charge in [0, 0.05) is 5.57 Å². The van der Waals surface area contributed by atoms with Crippen molar-refractivity contribution in [2.24, 2.45) is 16.8 Å². The number of amides is 1. The third-order valence-electron chi connectivity index (χ3n) is 1.85. The number of nitrogens with one attached hydrogen (secondary N) is 1. The maximum Gasteiger partial charge on any atom is 0.260 e. The summed E-state index contributed by atoms with van der Waals surface area (Å²) >= 11 is 5.66. The van der Waals surface area contributed by atoms with Gasteiger partial charge >= 0.3 is 0 Å². The zero-order chi connectivity index (χ0) is 10.9. The predicted octanol–water partition coefficient (Wildman–Crippen LogP) is -1.65. The van der Waals surface area contributed by atoms with E-state index in [0.29, 0.717) is 0 Å². The number of hydrogen-bond acceptors (Lipinski definition) is 5. The van der Waals surface area contributed by atoms with E-state index in [4.69, 9.17) is 23.3 Å².